The van der Waals surface area contributed by atoms with Crippen LogP contribution < -0.4 is 15.9 Å². The molecule has 0 fully saturated rings. The van der Waals surface area contributed by atoms with Gasteiger partial charge in [0, 0.05) is 26.7 Å². The van der Waals surface area contributed by atoms with Crippen molar-refractivity contribution in [1.29, 1.82) is 0 Å². The largest absolute Gasteiger partial charge is 0.309 e. The van der Waals surface area contributed by atoms with Gasteiger partial charge in [-0.3, -0.25) is 0 Å². The molecule has 0 radical (unpaired) electrons. The van der Waals surface area contributed by atoms with Crippen LogP contribution >= 0.6 is 7.14 Å². The predicted octanol–water partition coefficient (Wildman–Crippen LogP) is 10.3. The van der Waals surface area contributed by atoms with Crippen molar-refractivity contribution in [3.63, 3.8) is 0 Å². The number of aromatic nitrogens is 1. The Morgan fingerprint density at radius 2 is 1.10 bits per heavy atom. The number of hydrogen-bond acceptors (Lipinski definition) is 1. The lowest BCUT2D eigenvalue weighted by Crippen LogP contribution is -2.48. The van der Waals surface area contributed by atoms with Crippen molar-refractivity contribution in [3.8, 4) is 16.8 Å². The SMILES string of the molecule is O=P1(c2ccccc2)c2ccccc2C2(c3ccccc3-n3c4ccccc4c4cccc2c43)c2cc(-c3cccc4ccccc34)ccc21. The van der Waals surface area contributed by atoms with Crippen LogP contribution in [0.2, 0.25) is 0 Å². The van der Waals surface area contributed by atoms with Crippen LogP contribution in [0, 0.1) is 0 Å². The van der Waals surface area contributed by atoms with Gasteiger partial charge in [0.25, 0.3) is 0 Å². The molecule has 50 heavy (non-hydrogen) atoms. The molecule has 9 aromatic rings. The summed E-state index contributed by atoms with van der Waals surface area (Å²) in [6.07, 6.45) is 0. The molecule has 2 unspecified atom stereocenters. The first-order valence-corrected chi connectivity index (χ1v) is 18.9. The fourth-order valence-electron chi connectivity index (χ4n) is 9.29. The summed E-state index contributed by atoms with van der Waals surface area (Å²) in [5.41, 5.74) is 9.72. The number of hydrogen-bond donors (Lipinski definition) is 0. The Bertz CT molecular complexity index is 2910. The van der Waals surface area contributed by atoms with Crippen LogP contribution in [0.25, 0.3) is 49.4 Å². The van der Waals surface area contributed by atoms with Gasteiger partial charge in [0.05, 0.1) is 22.1 Å². The summed E-state index contributed by atoms with van der Waals surface area (Å²) in [5, 5.41) is 7.55. The van der Waals surface area contributed by atoms with Crippen LogP contribution in [0.4, 0.5) is 0 Å². The third kappa shape index (κ3) is 3.37. The third-order valence-electron chi connectivity index (χ3n) is 11.3. The molecule has 0 saturated carbocycles. The van der Waals surface area contributed by atoms with Crippen molar-refractivity contribution in [2.45, 2.75) is 5.41 Å². The Balaban J connectivity index is 1.37. The van der Waals surface area contributed by atoms with E-state index in [2.05, 4.69) is 156 Å². The summed E-state index contributed by atoms with van der Waals surface area (Å²) in [4.78, 5) is 0. The van der Waals surface area contributed by atoms with Gasteiger partial charge in [-0.1, -0.05) is 158 Å². The number of para-hydroxylation sites is 3. The molecule has 0 N–H and O–H groups in total. The van der Waals surface area contributed by atoms with Gasteiger partial charge in [0.1, 0.15) is 0 Å². The molecule has 1 spiro atoms. The van der Waals surface area contributed by atoms with E-state index >= 15 is 4.57 Å². The minimum Gasteiger partial charge on any atom is -0.309 e. The van der Waals surface area contributed by atoms with E-state index in [1.807, 2.05) is 30.3 Å². The number of fused-ring (bicyclic) bond motifs is 12. The Hall–Kier alpha value is -5.95. The van der Waals surface area contributed by atoms with E-state index in [0.717, 1.165) is 38.3 Å². The molecule has 2 nitrogen and oxygen atoms in total. The zero-order valence-electron chi connectivity index (χ0n) is 27.1. The van der Waals surface area contributed by atoms with Crippen LogP contribution in [0.3, 0.4) is 0 Å². The maximum Gasteiger partial charge on any atom is 0.171 e. The van der Waals surface area contributed by atoms with Gasteiger partial charge in [-0.05, 0) is 68.4 Å². The topological polar surface area (TPSA) is 22.0 Å². The molecule has 2 aliphatic rings. The summed E-state index contributed by atoms with van der Waals surface area (Å²) in [6.45, 7) is 0. The second-order valence-corrected chi connectivity index (χ2v) is 16.2. The highest BCUT2D eigenvalue weighted by atomic mass is 31.2. The van der Waals surface area contributed by atoms with Crippen molar-refractivity contribution < 1.29 is 4.57 Å². The lowest BCUT2D eigenvalue weighted by Gasteiger charge is -2.47. The summed E-state index contributed by atoms with van der Waals surface area (Å²) >= 11 is 0. The highest BCUT2D eigenvalue weighted by Gasteiger charge is 2.54. The Morgan fingerprint density at radius 1 is 0.460 bits per heavy atom. The molecular formula is C47H30NOP. The van der Waals surface area contributed by atoms with E-state index in [0.29, 0.717) is 0 Å². The van der Waals surface area contributed by atoms with E-state index in [-0.39, 0.29) is 0 Å². The van der Waals surface area contributed by atoms with Crippen LogP contribution in [-0.2, 0) is 9.98 Å². The number of rotatable bonds is 2. The first kappa shape index (κ1) is 27.9. The lowest BCUT2D eigenvalue weighted by atomic mass is 9.62. The highest BCUT2D eigenvalue weighted by Crippen LogP contribution is 2.61. The maximum absolute atomic E-state index is 16.3. The smallest absolute Gasteiger partial charge is 0.171 e. The fraction of sp³-hybridized carbons (Fsp3) is 0.0213. The summed E-state index contributed by atoms with van der Waals surface area (Å²) in [6, 6.07) is 65.0. The van der Waals surface area contributed by atoms with Crippen molar-refractivity contribution in [2.75, 3.05) is 0 Å². The van der Waals surface area contributed by atoms with Crippen LogP contribution in [-0.4, -0.2) is 4.57 Å². The van der Waals surface area contributed by atoms with Crippen molar-refractivity contribution in [3.05, 3.63) is 204 Å². The molecule has 3 heterocycles. The molecule has 1 aromatic heterocycles. The summed E-state index contributed by atoms with van der Waals surface area (Å²) in [7, 11) is -3.31. The molecule has 0 bridgehead atoms. The molecule has 3 heteroatoms. The first-order chi connectivity index (χ1) is 24.7. The van der Waals surface area contributed by atoms with Crippen molar-refractivity contribution >= 4 is 55.6 Å². The molecule has 0 saturated heterocycles. The van der Waals surface area contributed by atoms with Gasteiger partial charge in [-0.15, -0.1) is 0 Å². The predicted molar refractivity (Wildman–Crippen MR) is 209 cm³/mol. The molecule has 2 atom stereocenters. The van der Waals surface area contributed by atoms with Crippen LogP contribution in [0.15, 0.2) is 182 Å². The molecule has 0 aliphatic carbocycles. The van der Waals surface area contributed by atoms with Gasteiger partial charge in [0.15, 0.2) is 7.14 Å². The van der Waals surface area contributed by atoms with E-state index in [1.54, 1.807) is 0 Å². The average Bonchev–Trinajstić information content (AvgIpc) is 3.53. The summed E-state index contributed by atoms with van der Waals surface area (Å²) in [5.74, 6) is 0. The molecule has 11 rings (SSSR count). The monoisotopic (exact) mass is 655 g/mol. The number of nitrogens with zero attached hydrogens (tertiary/aromatic N) is 1. The minimum atomic E-state index is -3.31. The standard InChI is InChI=1S/C47H30NOP/c49-50(33-16-2-1-3-17-33)44-27-11-8-23-39(44)47(41-30-32(28-29-45(41)50)35-20-12-15-31-14-4-5-18-34(31)35)38-22-7-10-26-43(38)48-42-25-9-6-19-36(42)37-21-13-24-40(47)46(37)48/h1-30H. The molecule has 2 aliphatic heterocycles. The average molecular weight is 656 g/mol. The zero-order chi connectivity index (χ0) is 33.0. The van der Waals surface area contributed by atoms with Gasteiger partial charge in [-0.2, -0.15) is 0 Å². The van der Waals surface area contributed by atoms with Gasteiger partial charge >= 0.3 is 0 Å². The molecule has 234 valence electrons. The Kier molecular flexibility index (Phi) is 5.61. The quantitative estimate of drug-likeness (QED) is 0.170. The maximum atomic E-state index is 16.3. The minimum absolute atomic E-state index is 0.726. The number of benzene rings is 8. The van der Waals surface area contributed by atoms with Crippen LogP contribution in [0.1, 0.15) is 22.3 Å². The zero-order valence-corrected chi connectivity index (χ0v) is 28.0. The summed E-state index contributed by atoms with van der Waals surface area (Å²) < 4.78 is 18.8. The van der Waals surface area contributed by atoms with Crippen molar-refractivity contribution in [2.24, 2.45) is 0 Å². The van der Waals surface area contributed by atoms with Crippen molar-refractivity contribution in [1.82, 2.24) is 4.57 Å². The highest BCUT2D eigenvalue weighted by molar-refractivity contribution is 7.85. The van der Waals surface area contributed by atoms with E-state index in [1.165, 1.54) is 49.3 Å². The van der Waals surface area contributed by atoms with Gasteiger partial charge in [0.2, 0.25) is 0 Å². The molecule has 0 amide bonds. The van der Waals surface area contributed by atoms with E-state index in [4.69, 9.17) is 0 Å². The van der Waals surface area contributed by atoms with E-state index < -0.39 is 12.6 Å². The van der Waals surface area contributed by atoms with E-state index in [9.17, 15) is 0 Å². The van der Waals surface area contributed by atoms with Crippen LogP contribution in [0.5, 0.6) is 0 Å². The molecular weight excluding hydrogens is 625 g/mol. The third-order valence-corrected chi connectivity index (χ3v) is 14.4. The second kappa shape index (κ2) is 10.0. The lowest BCUT2D eigenvalue weighted by molar-refractivity contribution is 0.590. The Morgan fingerprint density at radius 3 is 2.00 bits per heavy atom. The normalized spacial score (nSPS) is 18.6. The van der Waals surface area contributed by atoms with Gasteiger partial charge < -0.3 is 9.13 Å². The fourth-order valence-corrected chi connectivity index (χ4v) is 12.4. The first-order valence-electron chi connectivity index (χ1n) is 17.2. The van der Waals surface area contributed by atoms with Gasteiger partial charge in [-0.25, -0.2) is 0 Å². The Labute approximate surface area is 290 Å². The second-order valence-electron chi connectivity index (χ2n) is 13.5. The molecule has 8 aromatic carbocycles.